The maximum Gasteiger partial charge on any atom is 0.308 e. The molecule has 4 atom stereocenters. The highest BCUT2D eigenvalue weighted by Crippen LogP contribution is 2.29. The third-order valence-corrected chi connectivity index (χ3v) is 17.6. The van der Waals surface area contributed by atoms with Gasteiger partial charge >= 0.3 is 35.8 Å². The zero-order valence-electron chi connectivity index (χ0n) is 54.8. The molecule has 0 bridgehead atoms. The molecule has 0 spiro atoms. The molecule has 17 nitrogen and oxygen atoms in total. The van der Waals surface area contributed by atoms with Crippen LogP contribution in [0.1, 0.15) is 129 Å². The summed E-state index contributed by atoms with van der Waals surface area (Å²) in [6.45, 7) is 18.8. The van der Waals surface area contributed by atoms with Crippen molar-refractivity contribution in [3.8, 4) is 0 Å². The van der Waals surface area contributed by atoms with Gasteiger partial charge in [0.05, 0.1) is 23.7 Å². The van der Waals surface area contributed by atoms with E-state index < -0.39 is 71.7 Å². The number of rotatable bonds is 38. The number of para-hydroxylation sites is 4. The van der Waals surface area contributed by atoms with Crippen LogP contribution in [-0.2, 0) is 109 Å². The van der Waals surface area contributed by atoms with E-state index in [-0.39, 0.29) is 39.3 Å². The Hall–Kier alpha value is -8.18. The maximum atomic E-state index is 13.4. The summed E-state index contributed by atoms with van der Waals surface area (Å²) in [5.74, 6) is -4.61. The number of benzene rings is 4. The molecule has 17 heteroatoms. The number of hydrogen-bond acceptors (Lipinski definition) is 13. The van der Waals surface area contributed by atoms with Gasteiger partial charge in [-0.2, -0.15) is 0 Å². The Balaban J connectivity index is 0.795. The first-order valence-electron chi connectivity index (χ1n) is 33.1. The summed E-state index contributed by atoms with van der Waals surface area (Å²) < 4.78 is 43.5. The molecule has 4 heterocycles. The van der Waals surface area contributed by atoms with Crippen molar-refractivity contribution < 1.29 is 57.2 Å². The van der Waals surface area contributed by atoms with E-state index >= 15 is 0 Å². The van der Waals surface area contributed by atoms with E-state index in [2.05, 4.69) is 125 Å². The van der Waals surface area contributed by atoms with Gasteiger partial charge in [0.15, 0.2) is 12.2 Å². The summed E-state index contributed by atoms with van der Waals surface area (Å²) in [5.41, 5.74) is 9.23. The van der Waals surface area contributed by atoms with Crippen molar-refractivity contribution in [3.63, 3.8) is 0 Å². The summed E-state index contributed by atoms with van der Waals surface area (Å²) in [5, 5.41) is 7.90. The number of esters is 6. The predicted molar refractivity (Wildman–Crippen MR) is 355 cm³/mol. The van der Waals surface area contributed by atoms with Crippen molar-refractivity contribution in [1.29, 1.82) is 0 Å². The fourth-order valence-corrected chi connectivity index (χ4v) is 11.9. The smallest absolute Gasteiger partial charge is 0.308 e. The zero-order valence-corrected chi connectivity index (χ0v) is 54.8. The fourth-order valence-electron chi connectivity index (χ4n) is 11.9. The highest BCUT2D eigenvalue weighted by molar-refractivity contribution is 5.87. The third-order valence-electron chi connectivity index (χ3n) is 17.6. The fraction of sp³-hybridized carbons (Fsp3) is 0.486. The van der Waals surface area contributed by atoms with Crippen molar-refractivity contribution in [2.45, 2.75) is 171 Å². The topological polar surface area (TPSA) is 190 Å². The van der Waals surface area contributed by atoms with Crippen LogP contribution in [0.25, 0.3) is 43.6 Å². The summed E-state index contributed by atoms with van der Waals surface area (Å²) >= 11 is 0. The van der Waals surface area contributed by atoms with Crippen molar-refractivity contribution in [1.82, 2.24) is 23.6 Å². The van der Waals surface area contributed by atoms with Gasteiger partial charge in [0.25, 0.3) is 0 Å². The number of fused-ring (bicyclic) bond motifs is 4. The molecule has 91 heavy (non-hydrogen) atoms. The van der Waals surface area contributed by atoms with Crippen LogP contribution in [0, 0.1) is 23.7 Å². The maximum absolute atomic E-state index is 13.4. The van der Waals surface area contributed by atoms with Gasteiger partial charge in [-0.15, -0.1) is 0 Å². The minimum Gasteiger partial charge on any atom is -0.461 e. The second-order valence-corrected chi connectivity index (χ2v) is 24.3. The van der Waals surface area contributed by atoms with Crippen LogP contribution in [0.4, 0.5) is 0 Å². The van der Waals surface area contributed by atoms with Gasteiger partial charge in [-0.05, 0) is 152 Å². The van der Waals surface area contributed by atoms with Gasteiger partial charge in [-0.1, -0.05) is 100 Å². The first-order valence-corrected chi connectivity index (χ1v) is 33.1. The molecule has 0 aliphatic rings. The lowest BCUT2D eigenvalue weighted by atomic mass is 10.0. The Kier molecular flexibility index (Phi) is 25.9. The number of ether oxygens (including phenoxy) is 6. The third kappa shape index (κ3) is 19.0. The number of hydrogen-bond donors (Lipinski definition) is 1. The summed E-state index contributed by atoms with van der Waals surface area (Å²) in [7, 11) is 0. The van der Waals surface area contributed by atoms with Gasteiger partial charge in [0.1, 0.15) is 26.4 Å². The average molecular weight is 1250 g/mol. The quantitative estimate of drug-likeness (QED) is 0.0219. The number of aromatic nitrogens is 4. The molecule has 0 aliphatic heterocycles. The number of carbonyl (C=O) groups excluding carboxylic acids is 6. The second kappa shape index (κ2) is 34.3. The molecular formula is C74H95N5O12. The standard InChI is InChI=1S/C74H95N5O12/c1-9-76-43-55(61-23-13-17-27-65(61)76)37-33-51(5)71(82)86-47-59(48-87-72(83)52(6)34-38-56-44-77(10-2)66-28-18-14-24-62(56)66)90-69(80)31-21-41-75-42-22-32-70(81)91-60(49-88-73(84)53(7)35-39-57-45-78(11-3)67-29-19-15-25-63(57)67)50-89-74(85)54(8)36-40-58-46-79(12-4)68-30-20-16-26-64(58)68/h13-20,23-30,43-46,51-54,59-60,75H,9-12,21-22,31-42,47-50H2,1-8H3. The van der Waals surface area contributed by atoms with Crippen LogP contribution in [0.3, 0.4) is 0 Å². The normalized spacial score (nSPS) is 13.6. The number of nitrogens with zero attached hydrogens (tertiary/aromatic N) is 4. The number of aryl methyl sites for hydroxylation is 8. The summed E-state index contributed by atoms with van der Waals surface area (Å²) in [6, 6.07) is 32.9. The molecule has 0 fully saturated rings. The lowest BCUT2D eigenvalue weighted by Crippen LogP contribution is -2.33. The second-order valence-electron chi connectivity index (χ2n) is 24.3. The molecule has 4 unspecified atom stereocenters. The molecule has 0 saturated carbocycles. The molecule has 0 aliphatic carbocycles. The molecule has 488 valence electrons. The minimum absolute atomic E-state index is 0.0277. The van der Waals surface area contributed by atoms with Crippen LogP contribution in [0.15, 0.2) is 122 Å². The van der Waals surface area contributed by atoms with Crippen LogP contribution >= 0.6 is 0 Å². The first-order chi connectivity index (χ1) is 44.1. The molecule has 4 aromatic heterocycles. The first kappa shape index (κ1) is 68.7. The molecule has 0 amide bonds. The van der Waals surface area contributed by atoms with E-state index in [1.807, 2.05) is 76.2 Å². The predicted octanol–water partition coefficient (Wildman–Crippen LogP) is 13.1. The van der Waals surface area contributed by atoms with Crippen molar-refractivity contribution >= 4 is 79.4 Å². The Labute approximate surface area is 536 Å². The number of nitrogens with one attached hydrogen (secondary N) is 1. The van der Waals surface area contributed by atoms with Crippen LogP contribution < -0.4 is 5.32 Å². The highest BCUT2D eigenvalue weighted by Gasteiger charge is 2.27. The van der Waals surface area contributed by atoms with Gasteiger partial charge in [0.2, 0.25) is 0 Å². The van der Waals surface area contributed by atoms with Crippen LogP contribution in [0.5, 0.6) is 0 Å². The van der Waals surface area contributed by atoms with E-state index in [0.29, 0.717) is 77.3 Å². The highest BCUT2D eigenvalue weighted by atomic mass is 16.6. The van der Waals surface area contributed by atoms with E-state index in [1.165, 1.54) is 0 Å². The Morgan fingerprint density at radius 2 is 0.615 bits per heavy atom. The van der Waals surface area contributed by atoms with Gasteiger partial charge in [0, 0.05) is 107 Å². The summed E-state index contributed by atoms with van der Waals surface area (Å²) in [6.07, 6.45) is 12.3. The lowest BCUT2D eigenvalue weighted by molar-refractivity contribution is -0.169. The molecule has 4 aromatic carbocycles. The van der Waals surface area contributed by atoms with E-state index in [0.717, 1.165) is 92.0 Å². The Bertz CT molecular complexity index is 3250. The van der Waals surface area contributed by atoms with E-state index in [9.17, 15) is 28.8 Å². The largest absolute Gasteiger partial charge is 0.461 e. The van der Waals surface area contributed by atoms with Crippen LogP contribution in [-0.4, -0.2) is 106 Å². The number of carbonyl (C=O) groups is 6. The van der Waals surface area contributed by atoms with Gasteiger partial charge in [-0.25, -0.2) is 0 Å². The Morgan fingerprint density at radius 3 is 0.857 bits per heavy atom. The van der Waals surface area contributed by atoms with E-state index in [4.69, 9.17) is 28.4 Å². The van der Waals surface area contributed by atoms with Gasteiger partial charge in [-0.3, -0.25) is 28.8 Å². The van der Waals surface area contributed by atoms with Gasteiger partial charge < -0.3 is 52.0 Å². The molecule has 1 N–H and O–H groups in total. The molecule has 0 saturated heterocycles. The van der Waals surface area contributed by atoms with E-state index in [1.54, 1.807) is 0 Å². The molecule has 8 aromatic rings. The van der Waals surface area contributed by atoms with Crippen LogP contribution in [0.2, 0.25) is 0 Å². The van der Waals surface area contributed by atoms with Crippen molar-refractivity contribution in [2.75, 3.05) is 39.5 Å². The lowest BCUT2D eigenvalue weighted by Gasteiger charge is -2.20. The minimum atomic E-state index is -1.03. The molecule has 8 rings (SSSR count). The SMILES string of the molecule is CCn1cc(CCC(C)C(=O)OCC(COC(=O)C(C)CCc2cn(CC)c3ccccc23)OC(=O)CCCNCCCC(=O)OC(COC(=O)C(C)CCc2cn(CC)c3ccccc23)COC(=O)C(C)CCc2cn(CC)c3ccccc23)c2ccccc21. The van der Waals surface area contributed by atoms with Crippen molar-refractivity contribution in [2.24, 2.45) is 23.7 Å². The van der Waals surface area contributed by atoms with Crippen molar-refractivity contribution in [3.05, 3.63) is 144 Å². The molecular weight excluding hydrogens is 1150 g/mol. The average Bonchev–Trinajstić information content (AvgIpc) is 1.86. The monoisotopic (exact) mass is 1250 g/mol. The molecule has 0 radical (unpaired) electrons. The zero-order chi connectivity index (χ0) is 64.8. The summed E-state index contributed by atoms with van der Waals surface area (Å²) in [4.78, 5) is 80.5. The Morgan fingerprint density at radius 1 is 0.374 bits per heavy atom.